The second-order valence-electron chi connectivity index (χ2n) is 7.07. The number of hydrogen-bond donors (Lipinski definition) is 2. The van der Waals surface area contributed by atoms with E-state index in [1.807, 2.05) is 43.3 Å². The van der Waals surface area contributed by atoms with E-state index in [-0.39, 0.29) is 36.8 Å². The fraction of sp³-hybridized carbons (Fsp3) is 0.381. The van der Waals surface area contributed by atoms with Crippen molar-refractivity contribution in [1.82, 2.24) is 10.2 Å². The topological polar surface area (TPSA) is 58.4 Å². The van der Waals surface area contributed by atoms with Crippen LogP contribution in [0.25, 0.3) is 0 Å². The van der Waals surface area contributed by atoms with Crippen LogP contribution in [0.3, 0.4) is 0 Å². The lowest BCUT2D eigenvalue weighted by Gasteiger charge is -2.33. The maximum absolute atomic E-state index is 12.4. The number of nitrogens with one attached hydrogen (secondary N) is 1. The molecule has 0 aromatic heterocycles. The summed E-state index contributed by atoms with van der Waals surface area (Å²) in [4.78, 5) is 14.8. The van der Waals surface area contributed by atoms with Crippen molar-refractivity contribution in [3.63, 3.8) is 0 Å². The monoisotopic (exact) mass is 443 g/mol. The summed E-state index contributed by atoms with van der Waals surface area (Å²) >= 11 is 5.94. The van der Waals surface area contributed by atoms with Gasteiger partial charge in [0.15, 0.2) is 0 Å². The number of aryl methyl sites for hydroxylation is 1. The Morgan fingerprint density at radius 2 is 1.68 bits per heavy atom. The Hall–Kier alpha value is -1.30. The Kier molecular flexibility index (Phi) is 10.3. The standard InChI is InChI=1S/C21H26ClN3O.2ClH/c1-15-2-6-17(7-3-15)20(23)21(26)24-19-10-12-25(13-11-19)14-16-4-8-18(22)9-5-16;;/h2-9,19-20H,10-14,23H2,1H3,(H,24,26);2*1H. The van der Waals surface area contributed by atoms with Gasteiger partial charge in [-0.15, -0.1) is 24.8 Å². The number of carbonyl (C=O) groups excluding carboxylic acids is 1. The van der Waals surface area contributed by atoms with Crippen LogP contribution in [0.5, 0.6) is 0 Å². The predicted molar refractivity (Wildman–Crippen MR) is 120 cm³/mol. The fourth-order valence-corrected chi connectivity index (χ4v) is 3.43. The molecule has 0 bridgehead atoms. The number of likely N-dealkylation sites (tertiary alicyclic amines) is 1. The Bertz CT molecular complexity index is 730. The van der Waals surface area contributed by atoms with E-state index in [1.54, 1.807) is 0 Å². The summed E-state index contributed by atoms with van der Waals surface area (Å²) < 4.78 is 0. The minimum absolute atomic E-state index is 0. The van der Waals surface area contributed by atoms with E-state index < -0.39 is 6.04 Å². The fourth-order valence-electron chi connectivity index (χ4n) is 3.30. The molecular weight excluding hydrogens is 417 g/mol. The van der Waals surface area contributed by atoms with Gasteiger partial charge in [0.05, 0.1) is 0 Å². The maximum Gasteiger partial charge on any atom is 0.241 e. The van der Waals surface area contributed by atoms with Gasteiger partial charge in [-0.1, -0.05) is 53.6 Å². The van der Waals surface area contributed by atoms with Gasteiger partial charge < -0.3 is 11.1 Å². The Labute approximate surface area is 184 Å². The van der Waals surface area contributed by atoms with Crippen molar-refractivity contribution in [3.05, 3.63) is 70.2 Å². The van der Waals surface area contributed by atoms with Crippen molar-refractivity contribution in [2.24, 2.45) is 5.73 Å². The molecule has 3 rings (SSSR count). The predicted octanol–water partition coefficient (Wildman–Crippen LogP) is 4.27. The molecule has 1 unspecified atom stereocenters. The third-order valence-electron chi connectivity index (χ3n) is 4.97. The third kappa shape index (κ3) is 6.94. The highest BCUT2D eigenvalue weighted by Crippen LogP contribution is 2.17. The summed E-state index contributed by atoms with van der Waals surface area (Å²) in [5.74, 6) is -0.0926. The number of nitrogens with two attached hydrogens (primary N) is 1. The van der Waals surface area contributed by atoms with E-state index in [1.165, 1.54) is 5.56 Å². The number of nitrogens with zero attached hydrogens (tertiary/aromatic N) is 1. The Morgan fingerprint density at radius 3 is 2.25 bits per heavy atom. The van der Waals surface area contributed by atoms with Crippen LogP contribution in [0.15, 0.2) is 48.5 Å². The van der Waals surface area contributed by atoms with Gasteiger partial charge in [-0.05, 0) is 43.0 Å². The van der Waals surface area contributed by atoms with Crippen LogP contribution < -0.4 is 11.1 Å². The van der Waals surface area contributed by atoms with Crippen LogP contribution in [0, 0.1) is 6.92 Å². The highest BCUT2D eigenvalue weighted by atomic mass is 35.5. The average Bonchev–Trinajstić information content (AvgIpc) is 2.65. The molecule has 0 aliphatic carbocycles. The lowest BCUT2D eigenvalue weighted by Crippen LogP contribution is -2.46. The number of rotatable bonds is 5. The molecule has 4 nitrogen and oxygen atoms in total. The molecule has 154 valence electrons. The van der Waals surface area contributed by atoms with Crippen molar-refractivity contribution in [1.29, 1.82) is 0 Å². The van der Waals surface area contributed by atoms with Crippen LogP contribution in [0.4, 0.5) is 0 Å². The quantitative estimate of drug-likeness (QED) is 0.724. The number of hydrogen-bond acceptors (Lipinski definition) is 3. The van der Waals surface area contributed by atoms with Crippen LogP contribution in [0.2, 0.25) is 5.02 Å². The smallest absolute Gasteiger partial charge is 0.241 e. The van der Waals surface area contributed by atoms with E-state index in [2.05, 4.69) is 22.3 Å². The minimum atomic E-state index is -0.609. The van der Waals surface area contributed by atoms with Gasteiger partial charge in [-0.2, -0.15) is 0 Å². The third-order valence-corrected chi connectivity index (χ3v) is 5.22. The number of halogens is 3. The molecule has 2 aromatic carbocycles. The maximum atomic E-state index is 12.4. The first-order valence-electron chi connectivity index (χ1n) is 9.10. The van der Waals surface area contributed by atoms with Crippen molar-refractivity contribution < 1.29 is 4.79 Å². The lowest BCUT2D eigenvalue weighted by atomic mass is 10.0. The summed E-state index contributed by atoms with van der Waals surface area (Å²) in [5.41, 5.74) is 9.39. The van der Waals surface area contributed by atoms with Gasteiger partial charge in [0.2, 0.25) is 5.91 Å². The molecule has 1 saturated heterocycles. The highest BCUT2D eigenvalue weighted by molar-refractivity contribution is 6.30. The zero-order chi connectivity index (χ0) is 18.5. The molecule has 3 N–H and O–H groups in total. The van der Waals surface area contributed by atoms with Crippen molar-refractivity contribution in [2.45, 2.75) is 38.4 Å². The number of benzene rings is 2. The second-order valence-corrected chi connectivity index (χ2v) is 7.51. The van der Waals surface area contributed by atoms with Crippen molar-refractivity contribution in [2.75, 3.05) is 13.1 Å². The molecule has 1 heterocycles. The zero-order valence-corrected chi connectivity index (χ0v) is 18.3. The molecule has 0 radical (unpaired) electrons. The molecule has 1 amide bonds. The highest BCUT2D eigenvalue weighted by Gasteiger charge is 2.23. The number of amides is 1. The van der Waals surface area contributed by atoms with E-state index in [0.717, 1.165) is 48.6 Å². The van der Waals surface area contributed by atoms with Crippen LogP contribution in [-0.2, 0) is 11.3 Å². The molecular formula is C21H28Cl3N3O. The van der Waals surface area contributed by atoms with Gasteiger partial charge >= 0.3 is 0 Å². The van der Waals surface area contributed by atoms with Gasteiger partial charge in [-0.25, -0.2) is 0 Å². The zero-order valence-electron chi connectivity index (χ0n) is 15.9. The minimum Gasteiger partial charge on any atom is -0.352 e. The Morgan fingerprint density at radius 1 is 1.11 bits per heavy atom. The van der Waals surface area contributed by atoms with Crippen LogP contribution in [0.1, 0.15) is 35.6 Å². The number of carbonyl (C=O) groups is 1. The van der Waals surface area contributed by atoms with Crippen LogP contribution in [-0.4, -0.2) is 29.9 Å². The summed E-state index contributed by atoms with van der Waals surface area (Å²) in [6.07, 6.45) is 1.89. The molecule has 0 saturated carbocycles. The van der Waals surface area contributed by atoms with Crippen LogP contribution >= 0.6 is 36.4 Å². The number of piperidine rings is 1. The molecule has 1 aliphatic heterocycles. The SMILES string of the molecule is Cc1ccc(C(N)C(=O)NC2CCN(Cc3ccc(Cl)cc3)CC2)cc1.Cl.Cl. The molecule has 1 fully saturated rings. The molecule has 0 spiro atoms. The van der Waals surface area contributed by atoms with E-state index in [9.17, 15) is 4.79 Å². The largest absolute Gasteiger partial charge is 0.352 e. The molecule has 2 aromatic rings. The molecule has 7 heteroatoms. The van der Waals surface area contributed by atoms with Gasteiger partial charge in [-0.3, -0.25) is 9.69 Å². The van der Waals surface area contributed by atoms with E-state index in [4.69, 9.17) is 17.3 Å². The van der Waals surface area contributed by atoms with E-state index >= 15 is 0 Å². The summed E-state index contributed by atoms with van der Waals surface area (Å²) in [6, 6.07) is 15.4. The van der Waals surface area contributed by atoms with Gasteiger partial charge in [0, 0.05) is 30.7 Å². The van der Waals surface area contributed by atoms with Crippen molar-refractivity contribution in [3.8, 4) is 0 Å². The molecule has 1 aliphatic rings. The van der Waals surface area contributed by atoms with Gasteiger partial charge in [0.25, 0.3) is 0 Å². The first-order valence-corrected chi connectivity index (χ1v) is 9.48. The first kappa shape index (κ1) is 24.7. The first-order chi connectivity index (χ1) is 12.5. The average molecular weight is 445 g/mol. The summed E-state index contributed by atoms with van der Waals surface area (Å²) in [6.45, 7) is 4.87. The molecule has 1 atom stereocenters. The van der Waals surface area contributed by atoms with E-state index in [0.29, 0.717) is 0 Å². The Balaban J connectivity index is 0.00000196. The summed E-state index contributed by atoms with van der Waals surface area (Å²) in [5, 5.41) is 3.88. The lowest BCUT2D eigenvalue weighted by molar-refractivity contribution is -0.123. The molecule has 28 heavy (non-hydrogen) atoms. The summed E-state index contributed by atoms with van der Waals surface area (Å²) in [7, 11) is 0. The van der Waals surface area contributed by atoms with Gasteiger partial charge in [0.1, 0.15) is 6.04 Å². The second kappa shape index (κ2) is 11.6. The normalized spacial score (nSPS) is 15.8. The van der Waals surface area contributed by atoms with Crippen molar-refractivity contribution >= 4 is 42.3 Å².